The van der Waals surface area contributed by atoms with Gasteiger partial charge in [-0.05, 0) is 24.6 Å². The molecule has 0 aromatic heterocycles. The summed E-state index contributed by atoms with van der Waals surface area (Å²) in [5.74, 6) is 0. The van der Waals surface area contributed by atoms with E-state index in [9.17, 15) is 4.39 Å². The molecule has 0 heterocycles. The third kappa shape index (κ3) is 2.29. The SMILES string of the molecule is CC(O)C(F)c1cccc(Br)c1. The van der Waals surface area contributed by atoms with Gasteiger partial charge < -0.3 is 5.11 Å². The van der Waals surface area contributed by atoms with Gasteiger partial charge in [0.2, 0.25) is 0 Å². The standard InChI is InChI=1S/C9H10BrFO/c1-6(12)9(11)7-3-2-4-8(10)5-7/h2-6,9,12H,1H3. The second-order valence-electron chi connectivity index (χ2n) is 2.70. The fourth-order valence-corrected chi connectivity index (χ4v) is 1.37. The van der Waals surface area contributed by atoms with Crippen LogP contribution in [0, 0.1) is 0 Å². The van der Waals surface area contributed by atoms with E-state index in [1.54, 1.807) is 18.2 Å². The van der Waals surface area contributed by atoms with E-state index in [-0.39, 0.29) is 0 Å². The molecular formula is C9H10BrFO. The predicted octanol–water partition coefficient (Wildman–Crippen LogP) is 2.84. The normalized spacial score (nSPS) is 15.7. The van der Waals surface area contributed by atoms with Gasteiger partial charge in [-0.15, -0.1) is 0 Å². The summed E-state index contributed by atoms with van der Waals surface area (Å²) in [6, 6.07) is 6.88. The van der Waals surface area contributed by atoms with Crippen molar-refractivity contribution in [3.8, 4) is 0 Å². The first kappa shape index (κ1) is 9.68. The Morgan fingerprint density at radius 3 is 2.67 bits per heavy atom. The van der Waals surface area contributed by atoms with E-state index in [2.05, 4.69) is 15.9 Å². The van der Waals surface area contributed by atoms with E-state index in [0.717, 1.165) is 4.47 Å². The second kappa shape index (κ2) is 4.01. The van der Waals surface area contributed by atoms with E-state index >= 15 is 0 Å². The minimum Gasteiger partial charge on any atom is -0.390 e. The first-order valence-corrected chi connectivity index (χ1v) is 4.48. The first-order chi connectivity index (χ1) is 5.61. The maximum atomic E-state index is 13.2. The monoisotopic (exact) mass is 232 g/mol. The van der Waals surface area contributed by atoms with Crippen LogP contribution in [0.25, 0.3) is 0 Å². The van der Waals surface area contributed by atoms with Gasteiger partial charge >= 0.3 is 0 Å². The lowest BCUT2D eigenvalue weighted by molar-refractivity contribution is 0.0933. The minimum absolute atomic E-state index is 0.499. The Bertz CT molecular complexity index is 262. The molecule has 0 aliphatic carbocycles. The van der Waals surface area contributed by atoms with Gasteiger partial charge in [0.05, 0.1) is 6.10 Å². The van der Waals surface area contributed by atoms with E-state index in [4.69, 9.17) is 5.11 Å². The highest BCUT2D eigenvalue weighted by Gasteiger charge is 2.15. The number of benzene rings is 1. The summed E-state index contributed by atoms with van der Waals surface area (Å²) in [6.45, 7) is 1.44. The number of halogens is 2. The van der Waals surface area contributed by atoms with Crippen LogP contribution in [0.15, 0.2) is 28.7 Å². The summed E-state index contributed by atoms with van der Waals surface area (Å²) >= 11 is 3.23. The lowest BCUT2D eigenvalue weighted by Crippen LogP contribution is -2.09. The van der Waals surface area contributed by atoms with E-state index < -0.39 is 12.3 Å². The lowest BCUT2D eigenvalue weighted by Gasteiger charge is -2.11. The molecule has 12 heavy (non-hydrogen) atoms. The van der Waals surface area contributed by atoms with Crippen LogP contribution in [0.4, 0.5) is 4.39 Å². The lowest BCUT2D eigenvalue weighted by atomic mass is 10.1. The molecule has 1 N–H and O–H groups in total. The third-order valence-corrected chi connectivity index (χ3v) is 2.08. The van der Waals surface area contributed by atoms with Gasteiger partial charge in [0.25, 0.3) is 0 Å². The van der Waals surface area contributed by atoms with Gasteiger partial charge in [-0.1, -0.05) is 28.1 Å². The highest BCUT2D eigenvalue weighted by Crippen LogP contribution is 2.23. The topological polar surface area (TPSA) is 20.2 Å². The molecule has 0 saturated carbocycles. The van der Waals surface area contributed by atoms with Crippen molar-refractivity contribution < 1.29 is 9.50 Å². The van der Waals surface area contributed by atoms with E-state index in [0.29, 0.717) is 5.56 Å². The number of hydrogen-bond donors (Lipinski definition) is 1. The van der Waals surface area contributed by atoms with Crippen molar-refractivity contribution >= 4 is 15.9 Å². The summed E-state index contributed by atoms with van der Waals surface area (Å²) in [5.41, 5.74) is 0.499. The first-order valence-electron chi connectivity index (χ1n) is 3.69. The molecule has 0 bridgehead atoms. The molecule has 2 atom stereocenters. The molecule has 0 saturated heterocycles. The summed E-state index contributed by atoms with van der Waals surface area (Å²) in [7, 11) is 0. The van der Waals surface area contributed by atoms with Crippen LogP contribution in [0.3, 0.4) is 0 Å². The molecule has 2 unspecified atom stereocenters. The minimum atomic E-state index is -1.30. The Kier molecular flexibility index (Phi) is 3.23. The molecule has 1 rings (SSSR count). The Morgan fingerprint density at radius 1 is 1.50 bits per heavy atom. The van der Waals surface area contributed by atoms with Crippen LogP contribution in [0.1, 0.15) is 18.7 Å². The average Bonchev–Trinajstić information content (AvgIpc) is 2.03. The van der Waals surface area contributed by atoms with E-state index in [1.807, 2.05) is 6.07 Å². The summed E-state index contributed by atoms with van der Waals surface area (Å²) in [5, 5.41) is 8.97. The molecule has 0 fully saturated rings. The van der Waals surface area contributed by atoms with Crippen molar-refractivity contribution in [2.75, 3.05) is 0 Å². The second-order valence-corrected chi connectivity index (χ2v) is 3.61. The van der Waals surface area contributed by atoms with Gasteiger partial charge in [-0.25, -0.2) is 4.39 Å². The molecule has 3 heteroatoms. The maximum absolute atomic E-state index is 13.2. The van der Waals surface area contributed by atoms with Gasteiger partial charge in [-0.2, -0.15) is 0 Å². The number of aliphatic hydroxyl groups is 1. The predicted molar refractivity (Wildman–Crippen MR) is 49.7 cm³/mol. The zero-order valence-electron chi connectivity index (χ0n) is 6.67. The quantitative estimate of drug-likeness (QED) is 0.832. The van der Waals surface area contributed by atoms with Crippen molar-refractivity contribution in [1.82, 2.24) is 0 Å². The van der Waals surface area contributed by atoms with Gasteiger partial charge in [-0.3, -0.25) is 0 Å². The van der Waals surface area contributed by atoms with Crippen LogP contribution in [0.5, 0.6) is 0 Å². The molecule has 1 aromatic rings. The highest BCUT2D eigenvalue weighted by atomic mass is 79.9. The average molecular weight is 233 g/mol. The van der Waals surface area contributed by atoms with Crippen LogP contribution < -0.4 is 0 Å². The molecule has 66 valence electrons. The molecule has 0 radical (unpaired) electrons. The largest absolute Gasteiger partial charge is 0.390 e. The van der Waals surface area contributed by atoms with Crippen molar-refractivity contribution in [1.29, 1.82) is 0 Å². The summed E-state index contributed by atoms with van der Waals surface area (Å²) < 4.78 is 14.0. The third-order valence-electron chi connectivity index (χ3n) is 1.59. The fourth-order valence-electron chi connectivity index (χ4n) is 0.957. The smallest absolute Gasteiger partial charge is 0.151 e. The Labute approximate surface area is 79.4 Å². The highest BCUT2D eigenvalue weighted by molar-refractivity contribution is 9.10. The van der Waals surface area contributed by atoms with Gasteiger partial charge in [0.1, 0.15) is 0 Å². The van der Waals surface area contributed by atoms with Crippen LogP contribution in [0.2, 0.25) is 0 Å². The molecule has 0 aliphatic rings. The number of rotatable bonds is 2. The molecule has 0 amide bonds. The summed E-state index contributed by atoms with van der Waals surface area (Å²) in [6.07, 6.45) is -2.26. The molecule has 1 nitrogen and oxygen atoms in total. The maximum Gasteiger partial charge on any atom is 0.151 e. The molecule has 0 aliphatic heterocycles. The van der Waals surface area contributed by atoms with Crippen LogP contribution in [-0.4, -0.2) is 11.2 Å². The summed E-state index contributed by atoms with van der Waals surface area (Å²) in [4.78, 5) is 0. The van der Waals surface area contributed by atoms with E-state index in [1.165, 1.54) is 6.92 Å². The van der Waals surface area contributed by atoms with Crippen LogP contribution >= 0.6 is 15.9 Å². The van der Waals surface area contributed by atoms with Crippen molar-refractivity contribution in [2.45, 2.75) is 19.2 Å². The van der Waals surface area contributed by atoms with Crippen molar-refractivity contribution in [3.63, 3.8) is 0 Å². The number of alkyl halides is 1. The number of hydrogen-bond acceptors (Lipinski definition) is 1. The Hall–Kier alpha value is -0.410. The fraction of sp³-hybridized carbons (Fsp3) is 0.333. The molecular weight excluding hydrogens is 223 g/mol. The Balaban J connectivity index is 2.88. The van der Waals surface area contributed by atoms with Crippen molar-refractivity contribution in [3.05, 3.63) is 34.3 Å². The van der Waals surface area contributed by atoms with Gasteiger partial charge in [0, 0.05) is 4.47 Å². The van der Waals surface area contributed by atoms with Crippen molar-refractivity contribution in [2.24, 2.45) is 0 Å². The molecule has 1 aromatic carbocycles. The van der Waals surface area contributed by atoms with Gasteiger partial charge in [0.15, 0.2) is 6.17 Å². The zero-order chi connectivity index (χ0) is 9.14. The number of aliphatic hydroxyl groups excluding tert-OH is 1. The zero-order valence-corrected chi connectivity index (χ0v) is 8.25. The van der Waals surface area contributed by atoms with Crippen LogP contribution in [-0.2, 0) is 0 Å². The molecule has 0 spiro atoms. The Morgan fingerprint density at radius 2 is 2.17 bits per heavy atom.